The van der Waals surface area contributed by atoms with Crippen molar-refractivity contribution in [1.29, 1.82) is 0 Å². The molecule has 1 aromatic heterocycles. The van der Waals surface area contributed by atoms with Crippen molar-refractivity contribution in [2.24, 2.45) is 0 Å². The second-order valence-electron chi connectivity index (χ2n) is 4.37. The summed E-state index contributed by atoms with van der Waals surface area (Å²) in [5.41, 5.74) is 0.977. The van der Waals surface area contributed by atoms with Crippen molar-refractivity contribution in [3.05, 3.63) is 16.1 Å². The molecule has 0 aliphatic heterocycles. The van der Waals surface area contributed by atoms with Gasteiger partial charge in [0.2, 0.25) is 0 Å². The molecule has 0 aromatic carbocycles. The topological polar surface area (TPSA) is 25.4 Å². The molecule has 0 radical (unpaired) electrons. The predicted molar refractivity (Wildman–Crippen MR) is 78.4 cm³/mol. The Kier molecular flexibility index (Phi) is 7.15. The second-order valence-corrected chi connectivity index (χ2v) is 5.53. The third-order valence-corrected chi connectivity index (χ3v) is 4.39. The number of ether oxygens (including phenoxy) is 1. The summed E-state index contributed by atoms with van der Waals surface area (Å²) in [6.45, 7) is 8.34. The van der Waals surface area contributed by atoms with Crippen LogP contribution in [-0.2, 0) is 10.6 Å². The van der Waals surface area contributed by atoms with E-state index in [4.69, 9.17) is 16.3 Å². The van der Waals surface area contributed by atoms with Gasteiger partial charge in [0.05, 0.1) is 24.2 Å². The Balaban J connectivity index is 2.85. The highest BCUT2D eigenvalue weighted by Crippen LogP contribution is 2.29. The molecule has 0 spiro atoms. The second kappa shape index (κ2) is 8.10. The SMILES string of the molecule is CCC(c1nc(CCl)cs1)N(CC)C(C)COC. The minimum absolute atomic E-state index is 0.363. The van der Waals surface area contributed by atoms with E-state index in [1.54, 1.807) is 18.4 Å². The number of aromatic nitrogens is 1. The monoisotopic (exact) mass is 290 g/mol. The molecule has 0 bridgehead atoms. The number of methoxy groups -OCH3 is 1. The minimum Gasteiger partial charge on any atom is -0.383 e. The Labute approximate surface area is 119 Å². The number of alkyl halides is 1. The van der Waals surface area contributed by atoms with Crippen molar-refractivity contribution >= 4 is 22.9 Å². The highest BCUT2D eigenvalue weighted by atomic mass is 35.5. The van der Waals surface area contributed by atoms with Gasteiger partial charge in [0, 0.05) is 18.5 Å². The number of hydrogen-bond donors (Lipinski definition) is 0. The molecule has 0 amide bonds. The third kappa shape index (κ3) is 3.92. The maximum Gasteiger partial charge on any atom is 0.110 e. The third-order valence-electron chi connectivity index (χ3n) is 3.12. The Bertz CT molecular complexity index is 345. The van der Waals surface area contributed by atoms with Gasteiger partial charge >= 0.3 is 0 Å². The summed E-state index contributed by atoms with van der Waals surface area (Å²) in [6.07, 6.45) is 1.05. The zero-order valence-electron chi connectivity index (χ0n) is 11.6. The summed E-state index contributed by atoms with van der Waals surface area (Å²) in [7, 11) is 1.75. The lowest BCUT2D eigenvalue weighted by molar-refractivity contribution is 0.0711. The lowest BCUT2D eigenvalue weighted by atomic mass is 10.1. The first kappa shape index (κ1) is 15.9. The van der Waals surface area contributed by atoms with Crippen molar-refractivity contribution in [2.75, 3.05) is 20.3 Å². The summed E-state index contributed by atoms with van der Waals surface area (Å²) in [5, 5.41) is 3.22. The molecule has 2 unspecified atom stereocenters. The van der Waals surface area contributed by atoms with Crippen LogP contribution < -0.4 is 0 Å². The molecule has 0 saturated carbocycles. The summed E-state index contributed by atoms with van der Waals surface area (Å²) < 4.78 is 5.26. The highest BCUT2D eigenvalue weighted by Gasteiger charge is 2.24. The molecule has 0 saturated heterocycles. The smallest absolute Gasteiger partial charge is 0.110 e. The molecule has 104 valence electrons. The van der Waals surface area contributed by atoms with Crippen molar-refractivity contribution in [1.82, 2.24) is 9.88 Å². The van der Waals surface area contributed by atoms with Gasteiger partial charge in [-0.25, -0.2) is 4.98 Å². The lowest BCUT2D eigenvalue weighted by Crippen LogP contribution is -2.39. The lowest BCUT2D eigenvalue weighted by Gasteiger charge is -2.33. The summed E-state index contributed by atoms with van der Waals surface area (Å²) in [5.74, 6) is 0.493. The van der Waals surface area contributed by atoms with Crippen LogP contribution in [0.3, 0.4) is 0 Å². The highest BCUT2D eigenvalue weighted by molar-refractivity contribution is 7.09. The van der Waals surface area contributed by atoms with Crippen LogP contribution in [0.15, 0.2) is 5.38 Å². The summed E-state index contributed by atoms with van der Waals surface area (Å²) in [4.78, 5) is 7.06. The van der Waals surface area contributed by atoms with Crippen molar-refractivity contribution < 1.29 is 4.74 Å². The Morgan fingerprint density at radius 2 is 2.22 bits per heavy atom. The van der Waals surface area contributed by atoms with Crippen molar-refractivity contribution in [3.8, 4) is 0 Å². The Morgan fingerprint density at radius 1 is 1.50 bits per heavy atom. The van der Waals surface area contributed by atoms with Gasteiger partial charge in [-0.2, -0.15) is 0 Å². The number of thiazole rings is 1. The van der Waals surface area contributed by atoms with Gasteiger partial charge in [0.1, 0.15) is 5.01 Å². The zero-order chi connectivity index (χ0) is 13.5. The van der Waals surface area contributed by atoms with E-state index in [9.17, 15) is 0 Å². The van der Waals surface area contributed by atoms with Gasteiger partial charge < -0.3 is 4.74 Å². The average Bonchev–Trinajstić information content (AvgIpc) is 2.84. The molecule has 5 heteroatoms. The van der Waals surface area contributed by atoms with Crippen molar-refractivity contribution in [3.63, 3.8) is 0 Å². The van der Waals surface area contributed by atoms with E-state index in [1.807, 2.05) is 0 Å². The van der Waals surface area contributed by atoms with Gasteiger partial charge in [-0.15, -0.1) is 22.9 Å². The number of likely N-dealkylation sites (N-methyl/N-ethyl adjacent to an activating group) is 1. The molecule has 0 fully saturated rings. The van der Waals surface area contributed by atoms with Gasteiger partial charge in [-0.3, -0.25) is 4.90 Å². The fraction of sp³-hybridized carbons (Fsp3) is 0.769. The molecule has 1 rings (SSSR count). The van der Waals surface area contributed by atoms with Crippen molar-refractivity contribution in [2.45, 2.75) is 45.2 Å². The first-order valence-corrected chi connectivity index (χ1v) is 7.84. The van der Waals surface area contributed by atoms with Gasteiger partial charge in [0.15, 0.2) is 0 Å². The molecule has 3 nitrogen and oxygen atoms in total. The Morgan fingerprint density at radius 3 is 2.67 bits per heavy atom. The van der Waals surface area contributed by atoms with E-state index in [2.05, 4.69) is 36.0 Å². The van der Waals surface area contributed by atoms with E-state index in [0.717, 1.165) is 30.3 Å². The van der Waals surface area contributed by atoms with Gasteiger partial charge in [-0.1, -0.05) is 13.8 Å². The van der Waals surface area contributed by atoms with Crippen LogP contribution in [0.1, 0.15) is 43.9 Å². The van der Waals surface area contributed by atoms with Crippen LogP contribution in [0.2, 0.25) is 0 Å². The first-order chi connectivity index (χ1) is 8.67. The largest absolute Gasteiger partial charge is 0.383 e. The van der Waals surface area contributed by atoms with E-state index in [0.29, 0.717) is 18.0 Å². The normalized spacial score (nSPS) is 15.0. The molecule has 0 aliphatic carbocycles. The summed E-state index contributed by atoms with van der Waals surface area (Å²) in [6, 6.07) is 0.760. The maximum atomic E-state index is 5.82. The number of nitrogens with zero attached hydrogens (tertiary/aromatic N) is 2. The van der Waals surface area contributed by atoms with E-state index in [-0.39, 0.29) is 0 Å². The fourth-order valence-electron chi connectivity index (χ4n) is 2.26. The van der Waals surface area contributed by atoms with E-state index < -0.39 is 0 Å². The molecule has 18 heavy (non-hydrogen) atoms. The van der Waals surface area contributed by atoms with Crippen LogP contribution in [0.5, 0.6) is 0 Å². The van der Waals surface area contributed by atoms with Crippen LogP contribution in [-0.4, -0.2) is 36.2 Å². The molecule has 1 heterocycles. The van der Waals surface area contributed by atoms with Crippen LogP contribution in [0, 0.1) is 0 Å². The standard InChI is InChI=1S/C13H23ClN2OS/c1-5-12(13-15-11(7-14)9-18-13)16(6-2)10(3)8-17-4/h9-10,12H,5-8H2,1-4H3. The zero-order valence-corrected chi connectivity index (χ0v) is 13.2. The molecule has 0 aliphatic rings. The van der Waals surface area contributed by atoms with Gasteiger partial charge in [-0.05, 0) is 19.9 Å². The Hall–Kier alpha value is -0.160. The van der Waals surface area contributed by atoms with Gasteiger partial charge in [0.25, 0.3) is 0 Å². The molecule has 2 atom stereocenters. The first-order valence-electron chi connectivity index (χ1n) is 6.42. The number of hydrogen-bond acceptors (Lipinski definition) is 4. The van der Waals surface area contributed by atoms with Crippen LogP contribution in [0.25, 0.3) is 0 Å². The molecule has 1 aromatic rings. The molecular formula is C13H23ClN2OS. The summed E-state index contributed by atoms with van der Waals surface area (Å²) >= 11 is 7.53. The predicted octanol–water partition coefficient (Wildman–Crippen LogP) is 3.69. The quantitative estimate of drug-likeness (QED) is 0.683. The van der Waals surface area contributed by atoms with E-state index >= 15 is 0 Å². The number of halogens is 1. The van der Waals surface area contributed by atoms with E-state index in [1.165, 1.54) is 0 Å². The fourth-order valence-corrected chi connectivity index (χ4v) is 3.51. The van der Waals surface area contributed by atoms with Crippen LogP contribution >= 0.6 is 22.9 Å². The molecule has 0 N–H and O–H groups in total. The maximum absolute atomic E-state index is 5.82. The van der Waals surface area contributed by atoms with Crippen LogP contribution in [0.4, 0.5) is 0 Å². The average molecular weight is 291 g/mol. The molecular weight excluding hydrogens is 268 g/mol. The minimum atomic E-state index is 0.363. The number of rotatable bonds is 8.